The molecule has 21 heavy (non-hydrogen) atoms. The number of halogens is 2. The number of benzene rings is 1. The number of piperazine rings is 1. The number of nitrogens with zero attached hydrogens (tertiary/aromatic N) is 4. The Bertz CT molecular complexity index is 621. The van der Waals surface area contributed by atoms with Crippen molar-refractivity contribution in [2.75, 3.05) is 36.0 Å². The normalized spacial score (nSPS) is 15.4. The van der Waals surface area contributed by atoms with Gasteiger partial charge in [0.1, 0.15) is 11.6 Å². The van der Waals surface area contributed by atoms with E-state index in [9.17, 15) is 4.39 Å². The van der Waals surface area contributed by atoms with E-state index < -0.39 is 0 Å². The molecule has 0 amide bonds. The summed E-state index contributed by atoms with van der Waals surface area (Å²) in [5.41, 5.74) is 1.51. The summed E-state index contributed by atoms with van der Waals surface area (Å²) in [7, 11) is 0. The predicted molar refractivity (Wildman–Crippen MR) is 82.6 cm³/mol. The van der Waals surface area contributed by atoms with Gasteiger partial charge in [-0.1, -0.05) is 12.1 Å². The van der Waals surface area contributed by atoms with Crippen LogP contribution in [0.4, 0.5) is 15.9 Å². The summed E-state index contributed by atoms with van der Waals surface area (Å²) < 4.78 is 13.8. The van der Waals surface area contributed by atoms with E-state index in [0.29, 0.717) is 5.69 Å². The van der Waals surface area contributed by atoms with Crippen LogP contribution in [0, 0.1) is 12.7 Å². The molecule has 3 rings (SSSR count). The number of para-hydroxylation sites is 1. The lowest BCUT2D eigenvalue weighted by Crippen LogP contribution is -2.47. The highest BCUT2D eigenvalue weighted by Crippen LogP contribution is 2.22. The second kappa shape index (κ2) is 5.85. The van der Waals surface area contributed by atoms with Crippen molar-refractivity contribution in [1.29, 1.82) is 0 Å². The van der Waals surface area contributed by atoms with Crippen molar-refractivity contribution in [3.05, 3.63) is 47.1 Å². The highest BCUT2D eigenvalue weighted by molar-refractivity contribution is 6.28. The minimum absolute atomic E-state index is 0.174. The third kappa shape index (κ3) is 3.08. The van der Waals surface area contributed by atoms with Gasteiger partial charge in [0.05, 0.1) is 5.69 Å². The summed E-state index contributed by atoms with van der Waals surface area (Å²) in [6, 6.07) is 8.80. The summed E-state index contributed by atoms with van der Waals surface area (Å²) >= 11 is 5.91. The summed E-state index contributed by atoms with van der Waals surface area (Å²) in [5, 5.41) is 0.265. The van der Waals surface area contributed by atoms with Gasteiger partial charge < -0.3 is 9.80 Å². The van der Waals surface area contributed by atoms with Crippen molar-refractivity contribution in [3.63, 3.8) is 0 Å². The minimum Gasteiger partial charge on any atom is -0.366 e. The summed E-state index contributed by atoms with van der Waals surface area (Å²) in [5.74, 6) is 0.660. The van der Waals surface area contributed by atoms with Gasteiger partial charge in [-0.3, -0.25) is 0 Å². The first-order chi connectivity index (χ1) is 10.1. The highest BCUT2D eigenvalue weighted by Gasteiger charge is 2.20. The number of hydrogen-bond acceptors (Lipinski definition) is 4. The van der Waals surface area contributed by atoms with Gasteiger partial charge in [0.15, 0.2) is 0 Å². The lowest BCUT2D eigenvalue weighted by Gasteiger charge is -2.36. The standard InChI is InChI=1S/C15H16ClFN4/c1-11-10-14(19-15(16)18-11)21-8-6-20(7-9-21)13-5-3-2-4-12(13)17/h2-5,10H,6-9H2,1H3. The average Bonchev–Trinajstić information content (AvgIpc) is 2.47. The number of rotatable bonds is 2. The Balaban J connectivity index is 1.72. The van der Waals surface area contributed by atoms with Gasteiger partial charge >= 0.3 is 0 Å². The molecule has 0 unspecified atom stereocenters. The first-order valence-electron chi connectivity index (χ1n) is 6.89. The zero-order valence-electron chi connectivity index (χ0n) is 11.8. The van der Waals surface area contributed by atoms with Gasteiger partial charge in [-0.05, 0) is 30.7 Å². The monoisotopic (exact) mass is 306 g/mol. The molecule has 0 atom stereocenters. The van der Waals surface area contributed by atoms with Gasteiger partial charge in [0, 0.05) is 37.9 Å². The molecule has 0 aliphatic carbocycles. The average molecular weight is 307 g/mol. The Hall–Kier alpha value is -1.88. The Morgan fingerprint density at radius 2 is 1.71 bits per heavy atom. The van der Waals surface area contributed by atoms with Crippen LogP contribution in [0.3, 0.4) is 0 Å². The van der Waals surface area contributed by atoms with Crippen molar-refractivity contribution >= 4 is 23.1 Å². The summed E-state index contributed by atoms with van der Waals surface area (Å²) in [6.07, 6.45) is 0. The molecule has 1 aromatic heterocycles. The molecule has 6 heteroatoms. The molecule has 0 spiro atoms. The molecule has 0 N–H and O–H groups in total. The van der Waals surface area contributed by atoms with Crippen LogP contribution in [0.1, 0.15) is 5.69 Å². The van der Waals surface area contributed by atoms with Crippen LogP contribution < -0.4 is 9.80 Å². The fourth-order valence-corrected chi connectivity index (χ4v) is 2.78. The third-order valence-electron chi connectivity index (χ3n) is 3.61. The van der Waals surface area contributed by atoms with E-state index in [1.165, 1.54) is 6.07 Å². The van der Waals surface area contributed by atoms with E-state index in [0.717, 1.165) is 37.7 Å². The Morgan fingerprint density at radius 1 is 1.05 bits per heavy atom. The Morgan fingerprint density at radius 3 is 2.38 bits per heavy atom. The lowest BCUT2D eigenvalue weighted by molar-refractivity contribution is 0.596. The maximum Gasteiger partial charge on any atom is 0.224 e. The first kappa shape index (κ1) is 14.1. The van der Waals surface area contributed by atoms with Crippen LogP contribution in [-0.2, 0) is 0 Å². The van der Waals surface area contributed by atoms with E-state index in [1.54, 1.807) is 6.07 Å². The van der Waals surface area contributed by atoms with Gasteiger partial charge in [0.2, 0.25) is 5.28 Å². The topological polar surface area (TPSA) is 32.3 Å². The maximum atomic E-state index is 13.8. The van der Waals surface area contributed by atoms with E-state index in [4.69, 9.17) is 11.6 Å². The predicted octanol–water partition coefficient (Wildman–Crippen LogP) is 2.90. The zero-order valence-corrected chi connectivity index (χ0v) is 12.5. The van der Waals surface area contributed by atoms with Crippen molar-refractivity contribution in [3.8, 4) is 0 Å². The quantitative estimate of drug-likeness (QED) is 0.799. The van der Waals surface area contributed by atoms with Crippen molar-refractivity contribution in [1.82, 2.24) is 9.97 Å². The van der Waals surface area contributed by atoms with Crippen LogP contribution in [0.5, 0.6) is 0 Å². The molecule has 0 bridgehead atoms. The van der Waals surface area contributed by atoms with Crippen molar-refractivity contribution in [2.45, 2.75) is 6.92 Å². The molecule has 2 aromatic rings. The number of aromatic nitrogens is 2. The Labute approximate surface area is 128 Å². The molecule has 1 saturated heterocycles. The van der Waals surface area contributed by atoms with E-state index >= 15 is 0 Å². The van der Waals surface area contributed by atoms with Crippen LogP contribution in [0.15, 0.2) is 30.3 Å². The van der Waals surface area contributed by atoms with Gasteiger partial charge in [-0.2, -0.15) is 0 Å². The molecular formula is C15H16ClFN4. The summed E-state index contributed by atoms with van der Waals surface area (Å²) in [6.45, 7) is 4.96. The second-order valence-electron chi connectivity index (χ2n) is 5.06. The zero-order chi connectivity index (χ0) is 14.8. The smallest absolute Gasteiger partial charge is 0.224 e. The fraction of sp³-hybridized carbons (Fsp3) is 0.333. The molecule has 110 valence electrons. The molecule has 0 saturated carbocycles. The second-order valence-corrected chi connectivity index (χ2v) is 5.40. The molecule has 0 radical (unpaired) electrons. The van der Waals surface area contributed by atoms with Crippen LogP contribution in [0.25, 0.3) is 0 Å². The maximum absolute atomic E-state index is 13.8. The molecule has 1 aliphatic heterocycles. The van der Waals surface area contributed by atoms with E-state index in [-0.39, 0.29) is 11.1 Å². The van der Waals surface area contributed by atoms with Gasteiger partial charge in [-0.25, -0.2) is 14.4 Å². The van der Waals surface area contributed by atoms with Crippen molar-refractivity contribution < 1.29 is 4.39 Å². The van der Waals surface area contributed by atoms with Gasteiger partial charge in [0.25, 0.3) is 0 Å². The molecule has 4 nitrogen and oxygen atoms in total. The minimum atomic E-state index is -0.174. The Kier molecular flexibility index (Phi) is 3.92. The fourth-order valence-electron chi connectivity index (χ4n) is 2.56. The lowest BCUT2D eigenvalue weighted by atomic mass is 10.2. The summed E-state index contributed by atoms with van der Waals surface area (Å²) in [4.78, 5) is 12.5. The number of aryl methyl sites for hydroxylation is 1. The highest BCUT2D eigenvalue weighted by atomic mass is 35.5. The van der Waals surface area contributed by atoms with Crippen LogP contribution >= 0.6 is 11.6 Å². The largest absolute Gasteiger partial charge is 0.366 e. The van der Waals surface area contributed by atoms with E-state index in [2.05, 4.69) is 19.8 Å². The molecule has 2 heterocycles. The molecule has 1 fully saturated rings. The first-order valence-corrected chi connectivity index (χ1v) is 7.27. The van der Waals surface area contributed by atoms with Crippen LogP contribution in [0.2, 0.25) is 5.28 Å². The van der Waals surface area contributed by atoms with Crippen LogP contribution in [-0.4, -0.2) is 36.1 Å². The number of anilines is 2. The SMILES string of the molecule is Cc1cc(N2CCN(c3ccccc3F)CC2)nc(Cl)n1. The third-order valence-corrected chi connectivity index (χ3v) is 3.78. The molecule has 1 aliphatic rings. The number of hydrogen-bond donors (Lipinski definition) is 0. The van der Waals surface area contributed by atoms with Crippen molar-refractivity contribution in [2.24, 2.45) is 0 Å². The molecular weight excluding hydrogens is 291 g/mol. The van der Waals surface area contributed by atoms with Gasteiger partial charge in [-0.15, -0.1) is 0 Å². The molecule has 1 aromatic carbocycles. The van der Waals surface area contributed by atoms with E-state index in [1.807, 2.05) is 25.1 Å².